The van der Waals surface area contributed by atoms with Crippen LogP contribution in [0.5, 0.6) is 0 Å². The second kappa shape index (κ2) is 5.31. The maximum atomic E-state index is 11.3. The fraction of sp³-hybridized carbons (Fsp3) is 0.118. The van der Waals surface area contributed by atoms with Crippen LogP contribution in [0.1, 0.15) is 10.7 Å². The van der Waals surface area contributed by atoms with Gasteiger partial charge in [0.25, 0.3) is 0 Å². The number of thiazole rings is 1. The first-order valence-electron chi connectivity index (χ1n) is 7.28. The molecule has 1 aliphatic heterocycles. The minimum Gasteiger partial charge on any atom is -0.510 e. The number of aliphatic hydroxyl groups excluding tert-OH is 1. The zero-order valence-electron chi connectivity index (χ0n) is 12.7. The second-order valence-electron chi connectivity index (χ2n) is 5.53. The number of aliphatic hydroxyl groups is 1. The van der Waals surface area contributed by atoms with Crippen molar-refractivity contribution in [3.05, 3.63) is 62.6 Å². The number of fused-ring (bicyclic) bond motifs is 1. The van der Waals surface area contributed by atoms with E-state index in [2.05, 4.69) is 4.98 Å². The van der Waals surface area contributed by atoms with Crippen molar-refractivity contribution < 1.29 is 9.52 Å². The number of nitrogens with one attached hydrogen (secondary N) is 1. The number of aryl methyl sites for hydroxylation is 1. The van der Waals surface area contributed by atoms with Gasteiger partial charge in [0.2, 0.25) is 0 Å². The Bertz CT molecular complexity index is 1060. The highest BCUT2D eigenvalue weighted by atomic mass is 32.1. The number of anilines is 1. The van der Waals surface area contributed by atoms with E-state index >= 15 is 0 Å². The lowest BCUT2D eigenvalue weighted by atomic mass is 10.2. The van der Waals surface area contributed by atoms with E-state index in [0.717, 1.165) is 16.8 Å². The molecule has 2 aromatic heterocycles. The summed E-state index contributed by atoms with van der Waals surface area (Å²) < 4.78 is 5.12. The third kappa shape index (κ3) is 2.30. The van der Waals surface area contributed by atoms with Crippen LogP contribution in [0.15, 0.2) is 50.7 Å². The number of hydrogen-bond donors (Lipinski definition) is 2. The molecule has 0 amide bonds. The summed E-state index contributed by atoms with van der Waals surface area (Å²) in [7, 11) is 0. The lowest BCUT2D eigenvalue weighted by Crippen LogP contribution is -2.25. The first-order chi connectivity index (χ1) is 11.5. The minimum atomic E-state index is -0.398. The molecule has 120 valence electrons. The van der Waals surface area contributed by atoms with E-state index in [1.807, 2.05) is 18.4 Å². The van der Waals surface area contributed by atoms with Crippen LogP contribution >= 0.6 is 11.3 Å². The summed E-state index contributed by atoms with van der Waals surface area (Å²) in [4.78, 5) is 17.3. The quantitative estimate of drug-likeness (QED) is 0.699. The number of aromatic nitrogens is 1. The van der Waals surface area contributed by atoms with Gasteiger partial charge in [0.15, 0.2) is 0 Å². The highest BCUT2D eigenvalue weighted by Crippen LogP contribution is 2.33. The number of amidine groups is 1. The Morgan fingerprint density at radius 3 is 2.92 bits per heavy atom. The van der Waals surface area contributed by atoms with Crippen molar-refractivity contribution >= 4 is 39.4 Å². The standard InChI is InChI=1S/C17H13N3O3S/c1-9-8-24-17(19-9)15-12(21)7-20(16(15)18)11-3-4-13-10(6-11)2-5-14(22)23-13/h2-6,8,18,21H,7H2,1H3. The van der Waals surface area contributed by atoms with Crippen molar-refractivity contribution in [1.82, 2.24) is 4.98 Å². The Hall–Kier alpha value is -2.93. The van der Waals surface area contributed by atoms with Crippen LogP contribution in [0.4, 0.5) is 5.69 Å². The first kappa shape index (κ1) is 14.6. The van der Waals surface area contributed by atoms with E-state index in [1.54, 1.807) is 23.1 Å². The second-order valence-corrected chi connectivity index (χ2v) is 6.39. The molecule has 0 bridgehead atoms. The normalized spacial score (nSPS) is 14.9. The molecule has 7 heteroatoms. The van der Waals surface area contributed by atoms with E-state index in [1.165, 1.54) is 17.4 Å². The largest absolute Gasteiger partial charge is 0.510 e. The molecule has 0 radical (unpaired) electrons. The number of nitrogens with zero attached hydrogens (tertiary/aromatic N) is 2. The molecular formula is C17H13N3O3S. The number of rotatable bonds is 2. The maximum Gasteiger partial charge on any atom is 0.336 e. The predicted octanol–water partition coefficient (Wildman–Crippen LogP) is 3.32. The van der Waals surface area contributed by atoms with Crippen molar-refractivity contribution in [2.24, 2.45) is 0 Å². The zero-order valence-corrected chi connectivity index (χ0v) is 13.6. The van der Waals surface area contributed by atoms with Crippen LogP contribution < -0.4 is 10.5 Å². The average Bonchev–Trinajstić information content (AvgIpc) is 3.10. The summed E-state index contributed by atoms with van der Waals surface area (Å²) in [6.07, 6.45) is 0. The van der Waals surface area contributed by atoms with Gasteiger partial charge in [-0.15, -0.1) is 11.3 Å². The zero-order chi connectivity index (χ0) is 16.8. The average molecular weight is 339 g/mol. The molecule has 1 aromatic carbocycles. The lowest BCUT2D eigenvalue weighted by molar-refractivity contribution is 0.411. The highest BCUT2D eigenvalue weighted by molar-refractivity contribution is 7.11. The molecule has 3 aromatic rings. The van der Waals surface area contributed by atoms with Crippen molar-refractivity contribution in [1.29, 1.82) is 5.41 Å². The SMILES string of the molecule is Cc1csc(C2=C(O)CN(c3ccc4oc(=O)ccc4c3)C2=N)n1. The molecule has 4 rings (SSSR count). The summed E-state index contributed by atoms with van der Waals surface area (Å²) in [6.45, 7) is 2.10. The fourth-order valence-corrected chi connectivity index (χ4v) is 3.58. The van der Waals surface area contributed by atoms with Gasteiger partial charge in [0.1, 0.15) is 22.2 Å². The van der Waals surface area contributed by atoms with Crippen molar-refractivity contribution in [2.45, 2.75) is 6.92 Å². The number of benzene rings is 1. The highest BCUT2D eigenvalue weighted by Gasteiger charge is 2.31. The first-order valence-corrected chi connectivity index (χ1v) is 8.16. The molecule has 0 saturated carbocycles. The van der Waals surface area contributed by atoms with Crippen LogP contribution in [-0.4, -0.2) is 22.5 Å². The predicted molar refractivity (Wildman–Crippen MR) is 94.0 cm³/mol. The smallest absolute Gasteiger partial charge is 0.336 e. The Labute approximate surface area is 140 Å². The van der Waals surface area contributed by atoms with Crippen LogP contribution in [0.2, 0.25) is 0 Å². The summed E-state index contributed by atoms with van der Waals surface area (Å²) in [6, 6.07) is 8.34. The Morgan fingerprint density at radius 2 is 2.17 bits per heavy atom. The molecule has 24 heavy (non-hydrogen) atoms. The van der Waals surface area contributed by atoms with Crippen molar-refractivity contribution in [3.8, 4) is 0 Å². The molecule has 6 nitrogen and oxygen atoms in total. The van der Waals surface area contributed by atoms with E-state index in [9.17, 15) is 9.90 Å². The molecule has 0 aliphatic carbocycles. The van der Waals surface area contributed by atoms with Crippen LogP contribution in [-0.2, 0) is 0 Å². The van der Waals surface area contributed by atoms with Gasteiger partial charge in [-0.05, 0) is 31.2 Å². The molecule has 3 heterocycles. The van der Waals surface area contributed by atoms with Gasteiger partial charge >= 0.3 is 5.63 Å². The van der Waals surface area contributed by atoms with Gasteiger partial charge in [-0.1, -0.05) is 0 Å². The molecule has 0 fully saturated rings. The molecular weight excluding hydrogens is 326 g/mol. The maximum absolute atomic E-state index is 11.3. The van der Waals surface area contributed by atoms with Gasteiger partial charge < -0.3 is 14.4 Å². The molecule has 0 spiro atoms. The molecule has 0 saturated heterocycles. The molecule has 0 atom stereocenters. The Kier molecular flexibility index (Phi) is 3.24. The van der Waals surface area contributed by atoms with Crippen molar-refractivity contribution in [2.75, 3.05) is 11.4 Å². The van der Waals surface area contributed by atoms with E-state index in [0.29, 0.717) is 16.2 Å². The van der Waals surface area contributed by atoms with Crippen LogP contribution in [0, 0.1) is 12.3 Å². The third-order valence-corrected chi connectivity index (χ3v) is 4.83. The van der Waals surface area contributed by atoms with Gasteiger partial charge in [-0.25, -0.2) is 9.78 Å². The molecule has 1 aliphatic rings. The third-order valence-electron chi connectivity index (χ3n) is 3.85. The summed E-state index contributed by atoms with van der Waals surface area (Å²) in [5, 5.41) is 22.0. The molecule has 0 unspecified atom stereocenters. The van der Waals surface area contributed by atoms with E-state index in [4.69, 9.17) is 9.83 Å². The van der Waals surface area contributed by atoms with Crippen LogP contribution in [0.25, 0.3) is 16.5 Å². The van der Waals surface area contributed by atoms with Gasteiger partial charge in [-0.2, -0.15) is 0 Å². The summed E-state index contributed by atoms with van der Waals surface area (Å²) in [5.74, 6) is 0.340. The monoisotopic (exact) mass is 339 g/mol. The van der Waals surface area contributed by atoms with E-state index in [-0.39, 0.29) is 18.1 Å². The summed E-state index contributed by atoms with van der Waals surface area (Å²) in [5.41, 5.74) is 2.17. The van der Waals surface area contributed by atoms with Crippen molar-refractivity contribution in [3.63, 3.8) is 0 Å². The molecule has 2 N–H and O–H groups in total. The topological polar surface area (TPSA) is 90.4 Å². The minimum absolute atomic E-state index is 0.133. The van der Waals surface area contributed by atoms with Gasteiger partial charge in [-0.3, -0.25) is 5.41 Å². The Morgan fingerprint density at radius 1 is 1.33 bits per heavy atom. The lowest BCUT2D eigenvalue weighted by Gasteiger charge is -2.18. The summed E-state index contributed by atoms with van der Waals surface area (Å²) >= 11 is 1.41. The van der Waals surface area contributed by atoms with E-state index < -0.39 is 5.63 Å². The fourth-order valence-electron chi connectivity index (χ4n) is 2.72. The Balaban J connectivity index is 1.73. The van der Waals surface area contributed by atoms with Gasteiger partial charge in [0, 0.05) is 28.2 Å². The van der Waals surface area contributed by atoms with Gasteiger partial charge in [0.05, 0.1) is 12.1 Å². The number of hydrogen-bond acceptors (Lipinski definition) is 6. The van der Waals surface area contributed by atoms with Crippen LogP contribution in [0.3, 0.4) is 0 Å².